The number of alkyl halides is 2. The van der Waals surface area contributed by atoms with Gasteiger partial charge in [0.25, 0.3) is 0 Å². The predicted molar refractivity (Wildman–Crippen MR) is 94.2 cm³/mol. The number of H-pyrrole nitrogens is 1. The zero-order valence-corrected chi connectivity index (χ0v) is 13.6. The van der Waals surface area contributed by atoms with Crippen LogP contribution < -0.4 is 5.73 Å². The Hall–Kier alpha value is -2.25. The Kier molecular flexibility index (Phi) is 4.64. The van der Waals surface area contributed by atoms with Gasteiger partial charge in [-0.25, -0.2) is 8.78 Å². The molecule has 0 aliphatic carbocycles. The predicted octanol–water partition coefficient (Wildman–Crippen LogP) is 3.42. The zero-order chi connectivity index (χ0) is 17.3. The largest absolute Gasteiger partial charge is 0.392 e. The van der Waals surface area contributed by atoms with Gasteiger partial charge in [0.1, 0.15) is 4.99 Å². The average Bonchev–Trinajstić information content (AvgIpc) is 3.17. The van der Waals surface area contributed by atoms with Crippen LogP contribution in [0.15, 0.2) is 36.5 Å². The van der Waals surface area contributed by atoms with E-state index in [9.17, 15) is 13.9 Å². The quantitative estimate of drug-likeness (QED) is 0.598. The molecule has 126 valence electrons. The number of aliphatic hydroxyl groups excluding tert-OH is 1. The summed E-state index contributed by atoms with van der Waals surface area (Å²) in [7, 11) is 0. The van der Waals surface area contributed by atoms with E-state index in [1.807, 2.05) is 30.5 Å². The molecule has 2 aromatic heterocycles. The van der Waals surface area contributed by atoms with Gasteiger partial charge in [0.2, 0.25) is 6.43 Å². The lowest BCUT2D eigenvalue weighted by Gasteiger charge is -2.05. The lowest BCUT2D eigenvalue weighted by Crippen LogP contribution is -2.09. The van der Waals surface area contributed by atoms with E-state index in [0.29, 0.717) is 5.69 Å². The highest BCUT2D eigenvalue weighted by Crippen LogP contribution is 2.31. The summed E-state index contributed by atoms with van der Waals surface area (Å²) in [6, 6.07) is 9.18. The second-order valence-corrected chi connectivity index (χ2v) is 6.02. The van der Waals surface area contributed by atoms with Gasteiger partial charge in [-0.15, -0.1) is 0 Å². The summed E-state index contributed by atoms with van der Waals surface area (Å²) in [6.45, 7) is 0.102. The number of hydrogen-bond acceptors (Lipinski definition) is 2. The summed E-state index contributed by atoms with van der Waals surface area (Å²) in [5.41, 5.74) is 9.52. The van der Waals surface area contributed by atoms with E-state index in [4.69, 9.17) is 18.0 Å². The molecule has 4 nitrogen and oxygen atoms in total. The molecule has 3 rings (SSSR count). The number of hydrogen-bond donors (Lipinski definition) is 3. The SMILES string of the molecule is NC(=S)c1ccc(-c2cn(CCC(F)F)c3cc(CO)ccc23)[nH]1. The highest BCUT2D eigenvalue weighted by molar-refractivity contribution is 7.80. The van der Waals surface area contributed by atoms with E-state index in [2.05, 4.69) is 4.98 Å². The molecule has 0 atom stereocenters. The fourth-order valence-corrected chi connectivity index (χ4v) is 2.89. The molecular weight excluding hydrogens is 332 g/mol. The number of aryl methyl sites for hydroxylation is 1. The minimum Gasteiger partial charge on any atom is -0.392 e. The van der Waals surface area contributed by atoms with Crippen molar-refractivity contribution in [3.05, 3.63) is 47.8 Å². The minimum absolute atomic E-state index is 0.0978. The maximum absolute atomic E-state index is 12.6. The Morgan fingerprint density at radius 2 is 2.08 bits per heavy atom. The first-order valence-corrected chi connectivity index (χ1v) is 7.90. The monoisotopic (exact) mass is 349 g/mol. The van der Waals surface area contributed by atoms with Gasteiger partial charge < -0.3 is 20.4 Å². The molecule has 0 aliphatic heterocycles. The molecule has 7 heteroatoms. The van der Waals surface area contributed by atoms with Crippen LogP contribution in [0.3, 0.4) is 0 Å². The summed E-state index contributed by atoms with van der Waals surface area (Å²) < 4.78 is 27.0. The molecule has 0 aliphatic rings. The number of halogens is 2. The first kappa shape index (κ1) is 16.6. The third kappa shape index (κ3) is 3.18. The summed E-state index contributed by atoms with van der Waals surface area (Å²) in [5, 5.41) is 10.2. The molecule has 24 heavy (non-hydrogen) atoms. The van der Waals surface area contributed by atoms with Gasteiger partial charge in [0, 0.05) is 41.3 Å². The molecule has 0 saturated heterocycles. The molecule has 0 bridgehead atoms. The summed E-state index contributed by atoms with van der Waals surface area (Å²) in [4.78, 5) is 3.42. The maximum Gasteiger partial charge on any atom is 0.240 e. The summed E-state index contributed by atoms with van der Waals surface area (Å²) in [5.74, 6) is 0. The first-order valence-electron chi connectivity index (χ1n) is 7.49. The van der Waals surface area contributed by atoms with Gasteiger partial charge in [-0.2, -0.15) is 0 Å². The Morgan fingerprint density at radius 1 is 1.29 bits per heavy atom. The van der Waals surface area contributed by atoms with Crippen LogP contribution in [-0.4, -0.2) is 26.1 Å². The first-order chi connectivity index (χ1) is 11.5. The van der Waals surface area contributed by atoms with Gasteiger partial charge in [0.05, 0.1) is 12.3 Å². The Labute approximate surface area is 142 Å². The number of nitrogens with two attached hydrogens (primary N) is 1. The number of aromatic nitrogens is 2. The zero-order valence-electron chi connectivity index (χ0n) is 12.8. The van der Waals surface area contributed by atoms with Crippen molar-refractivity contribution in [1.29, 1.82) is 0 Å². The molecule has 1 aromatic carbocycles. The van der Waals surface area contributed by atoms with E-state index in [0.717, 1.165) is 27.7 Å². The van der Waals surface area contributed by atoms with Gasteiger partial charge in [-0.05, 0) is 23.8 Å². The van der Waals surface area contributed by atoms with E-state index in [1.54, 1.807) is 10.6 Å². The van der Waals surface area contributed by atoms with Crippen LogP contribution >= 0.6 is 12.2 Å². The maximum atomic E-state index is 12.6. The number of benzene rings is 1. The Bertz CT molecular complexity index is 885. The van der Waals surface area contributed by atoms with Crippen molar-refractivity contribution >= 4 is 28.1 Å². The van der Waals surface area contributed by atoms with Crippen molar-refractivity contribution in [1.82, 2.24) is 9.55 Å². The lowest BCUT2D eigenvalue weighted by atomic mass is 10.1. The molecule has 0 amide bonds. The van der Waals surface area contributed by atoms with E-state index < -0.39 is 6.43 Å². The smallest absolute Gasteiger partial charge is 0.240 e. The van der Waals surface area contributed by atoms with Crippen LogP contribution in [0.5, 0.6) is 0 Å². The molecule has 0 saturated carbocycles. The van der Waals surface area contributed by atoms with E-state index >= 15 is 0 Å². The Balaban J connectivity index is 2.11. The number of rotatable bonds is 6. The fourth-order valence-electron chi connectivity index (χ4n) is 2.77. The number of aliphatic hydroxyl groups is 1. The number of nitrogens with one attached hydrogen (secondary N) is 1. The molecule has 0 fully saturated rings. The lowest BCUT2D eigenvalue weighted by molar-refractivity contribution is 0.132. The van der Waals surface area contributed by atoms with Crippen molar-refractivity contribution in [3.8, 4) is 11.3 Å². The van der Waals surface area contributed by atoms with Crippen molar-refractivity contribution in [2.45, 2.75) is 26.0 Å². The van der Waals surface area contributed by atoms with Crippen molar-refractivity contribution in [2.24, 2.45) is 5.73 Å². The van der Waals surface area contributed by atoms with Gasteiger partial charge in [0.15, 0.2) is 0 Å². The van der Waals surface area contributed by atoms with Crippen LogP contribution in [0, 0.1) is 0 Å². The standard InChI is InChI=1S/C17H17F2N3OS/c18-16(19)5-6-22-8-12(13-3-4-14(21-13)17(20)24)11-2-1-10(9-23)7-15(11)22/h1-4,7-8,16,21,23H,5-6,9H2,(H2,20,24). The van der Waals surface area contributed by atoms with Crippen LogP contribution in [0.25, 0.3) is 22.2 Å². The number of nitrogens with zero attached hydrogens (tertiary/aromatic N) is 1. The average molecular weight is 349 g/mol. The van der Waals surface area contributed by atoms with Crippen molar-refractivity contribution in [2.75, 3.05) is 0 Å². The number of aromatic amines is 1. The van der Waals surface area contributed by atoms with Crippen LogP contribution in [-0.2, 0) is 13.2 Å². The van der Waals surface area contributed by atoms with E-state index in [-0.39, 0.29) is 24.6 Å². The fraction of sp³-hybridized carbons (Fsp3) is 0.235. The van der Waals surface area contributed by atoms with E-state index in [1.165, 1.54) is 0 Å². The third-order valence-corrected chi connectivity index (χ3v) is 4.18. The summed E-state index contributed by atoms with van der Waals surface area (Å²) >= 11 is 4.96. The second kappa shape index (κ2) is 6.70. The molecule has 0 unspecified atom stereocenters. The van der Waals surface area contributed by atoms with Crippen LogP contribution in [0.1, 0.15) is 17.7 Å². The van der Waals surface area contributed by atoms with Crippen molar-refractivity contribution in [3.63, 3.8) is 0 Å². The Morgan fingerprint density at radius 3 is 2.71 bits per heavy atom. The topological polar surface area (TPSA) is 67.0 Å². The molecule has 3 aromatic rings. The molecule has 4 N–H and O–H groups in total. The van der Waals surface area contributed by atoms with Crippen LogP contribution in [0.4, 0.5) is 8.78 Å². The van der Waals surface area contributed by atoms with Gasteiger partial charge in [-0.3, -0.25) is 0 Å². The summed E-state index contributed by atoms with van der Waals surface area (Å²) in [6.07, 6.45) is -0.752. The number of fused-ring (bicyclic) bond motifs is 1. The minimum atomic E-state index is -2.36. The molecule has 0 radical (unpaired) electrons. The number of thiocarbonyl (C=S) groups is 1. The molecule has 0 spiro atoms. The highest BCUT2D eigenvalue weighted by atomic mass is 32.1. The van der Waals surface area contributed by atoms with Crippen LogP contribution in [0.2, 0.25) is 0 Å². The van der Waals surface area contributed by atoms with Crippen molar-refractivity contribution < 1.29 is 13.9 Å². The molecule has 2 heterocycles. The highest BCUT2D eigenvalue weighted by Gasteiger charge is 2.14. The normalized spacial score (nSPS) is 11.5. The van der Waals surface area contributed by atoms with Gasteiger partial charge >= 0.3 is 0 Å². The second-order valence-electron chi connectivity index (χ2n) is 5.58. The third-order valence-electron chi connectivity index (χ3n) is 3.96. The van der Waals surface area contributed by atoms with Gasteiger partial charge in [-0.1, -0.05) is 24.4 Å². The molecular formula is C17H17F2N3OS.